The highest BCUT2D eigenvalue weighted by molar-refractivity contribution is 6.15. The van der Waals surface area contributed by atoms with Crippen LogP contribution in [0.3, 0.4) is 0 Å². The van der Waals surface area contributed by atoms with E-state index in [-0.39, 0.29) is 26.4 Å². The van der Waals surface area contributed by atoms with Gasteiger partial charge in [0.2, 0.25) is 6.17 Å². The minimum atomic E-state index is -1.31. The van der Waals surface area contributed by atoms with E-state index in [0.717, 1.165) is 11.1 Å². The Kier molecular flexibility index (Phi) is 8.15. The molecule has 0 aliphatic carbocycles. The maximum Gasteiger partial charge on any atom is 0.409 e. The maximum absolute atomic E-state index is 13.5. The number of hydrogen-bond acceptors (Lipinski definition) is 7. The molecule has 0 bridgehead atoms. The molecule has 0 radical (unpaired) electrons. The number of nitrogens with one attached hydrogen (secondary N) is 1. The van der Waals surface area contributed by atoms with Crippen molar-refractivity contribution < 1.29 is 28.6 Å². The fraction of sp³-hybridized carbons (Fsp3) is 0.333. The number of benzodiazepines with no additional fused rings is 1. The lowest BCUT2D eigenvalue weighted by Gasteiger charge is -2.26. The molecular formula is C24H27N3O6. The summed E-state index contributed by atoms with van der Waals surface area (Å²) in [5, 5.41) is 2.51. The Morgan fingerprint density at radius 1 is 1.06 bits per heavy atom. The molecule has 9 heteroatoms. The van der Waals surface area contributed by atoms with Crippen LogP contribution in [-0.4, -0.2) is 56.7 Å². The quantitative estimate of drug-likeness (QED) is 0.616. The zero-order valence-electron chi connectivity index (χ0n) is 18.9. The molecule has 33 heavy (non-hydrogen) atoms. The molecule has 1 unspecified atom stereocenters. The number of ether oxygens (including phenoxy) is 3. The fourth-order valence-electron chi connectivity index (χ4n) is 3.50. The minimum absolute atomic E-state index is 0.0358. The molecule has 1 heterocycles. The molecule has 3 rings (SSSR count). The first kappa shape index (κ1) is 23.9. The number of rotatable bonds is 8. The number of aryl methyl sites for hydroxylation is 1. The van der Waals surface area contributed by atoms with E-state index >= 15 is 0 Å². The predicted octanol–water partition coefficient (Wildman–Crippen LogP) is 2.59. The summed E-state index contributed by atoms with van der Waals surface area (Å²) in [6, 6.07) is 14.6. The summed E-state index contributed by atoms with van der Waals surface area (Å²) in [6.45, 7) is 3.52. The normalized spacial score (nSPS) is 15.2. The van der Waals surface area contributed by atoms with Crippen molar-refractivity contribution in [3.05, 3.63) is 65.2 Å². The van der Waals surface area contributed by atoms with Crippen molar-refractivity contribution in [3.63, 3.8) is 0 Å². The molecule has 1 aliphatic heterocycles. The Balaban J connectivity index is 1.90. The Labute approximate surface area is 192 Å². The van der Waals surface area contributed by atoms with Crippen LogP contribution < -0.4 is 10.2 Å². The van der Waals surface area contributed by atoms with Gasteiger partial charge < -0.3 is 14.2 Å². The second kappa shape index (κ2) is 11.2. The number of methoxy groups -OCH3 is 1. The van der Waals surface area contributed by atoms with Gasteiger partial charge in [0.05, 0.1) is 24.6 Å². The molecule has 0 fully saturated rings. The second-order valence-electron chi connectivity index (χ2n) is 7.32. The molecule has 0 spiro atoms. The van der Waals surface area contributed by atoms with Gasteiger partial charge in [0.1, 0.15) is 13.2 Å². The maximum atomic E-state index is 13.5. The van der Waals surface area contributed by atoms with Crippen molar-refractivity contribution in [2.75, 3.05) is 31.8 Å². The SMILES string of the molecule is CCOC(=O)CN1C(=O)C(NC(=O)OCc2ccccc2)N=C(COC)c2cccc(C)c21. The molecule has 9 nitrogen and oxygen atoms in total. The summed E-state index contributed by atoms with van der Waals surface area (Å²) in [7, 11) is 1.51. The Hall–Kier alpha value is -3.72. The molecule has 2 aromatic rings. The van der Waals surface area contributed by atoms with Crippen LogP contribution in [0.25, 0.3) is 0 Å². The van der Waals surface area contributed by atoms with Crippen LogP contribution in [0.5, 0.6) is 0 Å². The van der Waals surface area contributed by atoms with Crippen LogP contribution >= 0.6 is 0 Å². The number of alkyl carbamates (subject to hydrolysis) is 1. The van der Waals surface area contributed by atoms with Gasteiger partial charge in [0, 0.05) is 12.7 Å². The van der Waals surface area contributed by atoms with Crippen LogP contribution in [0.2, 0.25) is 0 Å². The average Bonchev–Trinajstić information content (AvgIpc) is 2.90. The lowest BCUT2D eigenvalue weighted by atomic mass is 10.0. The topological polar surface area (TPSA) is 107 Å². The van der Waals surface area contributed by atoms with Gasteiger partial charge in [-0.2, -0.15) is 0 Å². The first-order valence-corrected chi connectivity index (χ1v) is 10.5. The van der Waals surface area contributed by atoms with E-state index in [4.69, 9.17) is 14.2 Å². The summed E-state index contributed by atoms with van der Waals surface area (Å²) in [6.07, 6.45) is -2.11. The molecule has 174 valence electrons. The fourth-order valence-corrected chi connectivity index (χ4v) is 3.50. The number of hydrogen-bond donors (Lipinski definition) is 1. The van der Waals surface area contributed by atoms with E-state index in [2.05, 4.69) is 10.3 Å². The molecule has 2 aromatic carbocycles. The number of esters is 1. The third kappa shape index (κ3) is 5.95. The lowest BCUT2D eigenvalue weighted by Crippen LogP contribution is -2.49. The number of anilines is 1. The van der Waals surface area contributed by atoms with Crippen molar-refractivity contribution in [1.29, 1.82) is 0 Å². The van der Waals surface area contributed by atoms with E-state index in [1.807, 2.05) is 49.4 Å². The van der Waals surface area contributed by atoms with Crippen LogP contribution in [0.4, 0.5) is 10.5 Å². The van der Waals surface area contributed by atoms with E-state index in [9.17, 15) is 14.4 Å². The van der Waals surface area contributed by atoms with Gasteiger partial charge in [-0.05, 0) is 25.0 Å². The predicted molar refractivity (Wildman–Crippen MR) is 122 cm³/mol. The first-order valence-electron chi connectivity index (χ1n) is 10.5. The number of benzene rings is 2. The van der Waals surface area contributed by atoms with E-state index in [0.29, 0.717) is 17.0 Å². The van der Waals surface area contributed by atoms with E-state index in [1.54, 1.807) is 13.0 Å². The van der Waals surface area contributed by atoms with Crippen molar-refractivity contribution >= 4 is 29.4 Å². The summed E-state index contributed by atoms with van der Waals surface area (Å²) < 4.78 is 15.6. The van der Waals surface area contributed by atoms with Gasteiger partial charge in [-0.25, -0.2) is 4.79 Å². The van der Waals surface area contributed by atoms with Gasteiger partial charge in [-0.15, -0.1) is 0 Å². The number of carbonyl (C=O) groups excluding carboxylic acids is 3. The van der Waals surface area contributed by atoms with Crippen molar-refractivity contribution in [1.82, 2.24) is 5.32 Å². The molecule has 0 aromatic heterocycles. The van der Waals surface area contributed by atoms with Crippen molar-refractivity contribution in [2.45, 2.75) is 26.6 Å². The van der Waals surface area contributed by atoms with E-state index in [1.165, 1.54) is 12.0 Å². The highest BCUT2D eigenvalue weighted by Crippen LogP contribution is 2.29. The number of nitrogens with zero attached hydrogens (tertiary/aromatic N) is 2. The summed E-state index contributed by atoms with van der Waals surface area (Å²) in [4.78, 5) is 44.0. The lowest BCUT2D eigenvalue weighted by molar-refractivity contribution is -0.142. The molecule has 0 saturated heterocycles. The summed E-state index contributed by atoms with van der Waals surface area (Å²) >= 11 is 0. The molecule has 1 atom stereocenters. The number of para-hydroxylation sites is 1. The van der Waals surface area contributed by atoms with Gasteiger partial charge in [-0.3, -0.25) is 24.8 Å². The third-order valence-corrected chi connectivity index (χ3v) is 4.94. The average molecular weight is 453 g/mol. The first-order chi connectivity index (χ1) is 15.9. The summed E-state index contributed by atoms with van der Waals surface area (Å²) in [5.41, 5.74) is 3.19. The van der Waals surface area contributed by atoms with Gasteiger partial charge in [0.25, 0.3) is 5.91 Å². The van der Waals surface area contributed by atoms with Gasteiger partial charge in [-0.1, -0.05) is 48.5 Å². The van der Waals surface area contributed by atoms with Crippen LogP contribution in [0.1, 0.15) is 23.6 Å². The standard InChI is InChI=1S/C24H27N3O6/c1-4-32-20(28)13-27-21-16(2)9-8-12-18(21)19(15-31-3)25-22(23(27)29)26-24(30)33-14-17-10-6-5-7-11-17/h5-12,22H,4,13-15H2,1-3H3,(H,26,30). The van der Waals surface area contributed by atoms with Crippen LogP contribution in [0, 0.1) is 6.92 Å². The molecule has 2 amide bonds. The van der Waals surface area contributed by atoms with Crippen molar-refractivity contribution in [3.8, 4) is 0 Å². The molecule has 0 saturated carbocycles. The Bertz CT molecular complexity index is 1040. The number of aliphatic imine (C=N–C) groups is 1. The largest absolute Gasteiger partial charge is 0.465 e. The Morgan fingerprint density at radius 2 is 1.82 bits per heavy atom. The monoisotopic (exact) mass is 453 g/mol. The highest BCUT2D eigenvalue weighted by Gasteiger charge is 2.35. The third-order valence-electron chi connectivity index (χ3n) is 4.94. The Morgan fingerprint density at radius 3 is 2.52 bits per heavy atom. The van der Waals surface area contributed by atoms with Crippen LogP contribution in [0.15, 0.2) is 53.5 Å². The zero-order valence-corrected chi connectivity index (χ0v) is 18.9. The molecule has 1 N–H and O–H groups in total. The highest BCUT2D eigenvalue weighted by atomic mass is 16.5. The van der Waals surface area contributed by atoms with Gasteiger partial charge >= 0.3 is 12.1 Å². The number of amides is 2. The van der Waals surface area contributed by atoms with Crippen LogP contribution in [-0.2, 0) is 30.4 Å². The molecule has 1 aliphatic rings. The number of fused-ring (bicyclic) bond motifs is 1. The molecular weight excluding hydrogens is 426 g/mol. The summed E-state index contributed by atoms with van der Waals surface area (Å²) in [5.74, 6) is -1.15. The van der Waals surface area contributed by atoms with E-state index < -0.39 is 24.1 Å². The zero-order chi connectivity index (χ0) is 23.8. The second-order valence-corrected chi connectivity index (χ2v) is 7.32. The van der Waals surface area contributed by atoms with Crippen molar-refractivity contribution in [2.24, 2.45) is 4.99 Å². The number of carbonyl (C=O) groups is 3. The smallest absolute Gasteiger partial charge is 0.409 e. The minimum Gasteiger partial charge on any atom is -0.465 e. The van der Waals surface area contributed by atoms with Gasteiger partial charge in [0.15, 0.2) is 0 Å².